The third kappa shape index (κ3) is 5.79. The lowest BCUT2D eigenvalue weighted by Gasteiger charge is -2.26. The average Bonchev–Trinajstić information content (AvgIpc) is 3.36. The second kappa shape index (κ2) is 12.1. The topological polar surface area (TPSA) is 99.4 Å². The first-order chi connectivity index (χ1) is 16.6. The number of nitrogens with two attached hydrogens (primary N) is 1. The molecular weight excluding hydrogens is 492 g/mol. The van der Waals surface area contributed by atoms with E-state index in [9.17, 15) is 4.79 Å². The van der Waals surface area contributed by atoms with Crippen molar-refractivity contribution in [3.05, 3.63) is 74.3 Å². The zero-order valence-electron chi connectivity index (χ0n) is 18.8. The van der Waals surface area contributed by atoms with Crippen LogP contribution in [0.2, 0.25) is 5.02 Å². The number of hydrogen-bond acceptors (Lipinski definition) is 9. The molecule has 0 fully saturated rings. The summed E-state index contributed by atoms with van der Waals surface area (Å²) < 4.78 is 11.3. The predicted molar refractivity (Wildman–Crippen MR) is 137 cm³/mol. The van der Waals surface area contributed by atoms with E-state index in [-0.39, 0.29) is 11.9 Å². The lowest BCUT2D eigenvalue weighted by molar-refractivity contribution is 0.0702. The van der Waals surface area contributed by atoms with E-state index in [0.29, 0.717) is 47.0 Å². The highest BCUT2D eigenvalue weighted by Gasteiger charge is 2.27. The maximum absolute atomic E-state index is 13.4. The molecule has 0 saturated carbocycles. The minimum absolute atomic E-state index is 0.121. The van der Waals surface area contributed by atoms with Gasteiger partial charge in [-0.05, 0) is 47.4 Å². The number of nitrogens with one attached hydrogen (secondary N) is 1. The number of thiophene rings is 1. The van der Waals surface area contributed by atoms with Crippen LogP contribution in [0.1, 0.15) is 57.8 Å². The average molecular weight is 519 g/mol. The number of benzene rings is 1. The molecule has 7 nitrogen and oxygen atoms in total. The number of carbonyl (C=O) groups is 1. The lowest BCUT2D eigenvalue weighted by atomic mass is 9.94. The molecule has 0 saturated heterocycles. The van der Waals surface area contributed by atoms with Crippen molar-refractivity contribution in [1.82, 2.24) is 9.97 Å². The Balaban J connectivity index is 1.48. The molecule has 4 rings (SSSR count). The highest BCUT2D eigenvalue weighted by Crippen LogP contribution is 2.39. The molecule has 10 heteroatoms. The molecule has 2 aromatic heterocycles. The highest BCUT2D eigenvalue weighted by atomic mass is 35.5. The summed E-state index contributed by atoms with van der Waals surface area (Å²) in [5.41, 5.74) is 3.55. The van der Waals surface area contributed by atoms with Crippen molar-refractivity contribution >= 4 is 46.8 Å². The number of anilines is 1. The van der Waals surface area contributed by atoms with E-state index >= 15 is 0 Å². The molecule has 2 atom stereocenters. The Morgan fingerprint density at radius 3 is 3.18 bits per heavy atom. The van der Waals surface area contributed by atoms with Crippen molar-refractivity contribution in [3.8, 4) is 0 Å². The maximum Gasteiger partial charge on any atom is 0.208 e. The third-order valence-corrected chi connectivity index (χ3v) is 7.51. The van der Waals surface area contributed by atoms with Crippen LogP contribution in [0.15, 0.2) is 42.2 Å². The van der Waals surface area contributed by atoms with Crippen molar-refractivity contribution < 1.29 is 13.7 Å². The van der Waals surface area contributed by atoms with Crippen LogP contribution < -0.4 is 10.5 Å². The first kappa shape index (κ1) is 25.1. The quantitative estimate of drug-likeness (QED) is 0.196. The van der Waals surface area contributed by atoms with Crippen LogP contribution in [0, 0.1) is 5.92 Å². The number of halogens is 1. The first-order valence-electron chi connectivity index (χ1n) is 11.2. The summed E-state index contributed by atoms with van der Waals surface area (Å²) >= 11 is 8.78. The molecule has 0 radical (unpaired) electrons. The fourth-order valence-corrected chi connectivity index (χ4v) is 5.48. The van der Waals surface area contributed by atoms with Gasteiger partial charge in [0.05, 0.1) is 35.9 Å². The van der Waals surface area contributed by atoms with E-state index in [1.54, 1.807) is 6.20 Å². The predicted octanol–water partition coefficient (Wildman–Crippen LogP) is 5.45. The summed E-state index contributed by atoms with van der Waals surface area (Å²) in [6.07, 6.45) is 5.41. The Labute approximate surface area is 212 Å². The molecule has 1 aromatic carbocycles. The molecule has 3 aromatic rings. The molecule has 3 heterocycles. The standard InChI is InChI=1S/C24H27ClN4O3S2/c1-2-15(12-32-34-26)6-8-28-24-18(11-27-14-29-24)22(30)20-10-17(13-33-20)23-21-16(7-9-31-23)4-3-5-19(21)25/h3-5,10-11,13-15,23H,2,6-9,12,26H2,1H3,(H,27,28,29). The zero-order valence-corrected chi connectivity index (χ0v) is 21.2. The van der Waals surface area contributed by atoms with Crippen LogP contribution in [0.5, 0.6) is 0 Å². The van der Waals surface area contributed by atoms with E-state index in [2.05, 4.69) is 28.3 Å². The Morgan fingerprint density at radius 1 is 1.47 bits per heavy atom. The fourth-order valence-electron chi connectivity index (χ4n) is 4.04. The van der Waals surface area contributed by atoms with E-state index in [1.807, 2.05) is 23.6 Å². The SMILES string of the molecule is CCC(CCNc1ncncc1C(=O)c1cc(C2OCCc3cccc(Cl)c32)cs1)COSN. The number of ether oxygens (including phenoxy) is 1. The summed E-state index contributed by atoms with van der Waals surface area (Å²) in [7, 11) is 0. The van der Waals surface area contributed by atoms with Crippen LogP contribution in [-0.4, -0.2) is 35.5 Å². The molecule has 0 spiro atoms. The molecular formula is C24H27ClN4O3S2. The van der Waals surface area contributed by atoms with Crippen molar-refractivity contribution in [2.45, 2.75) is 32.3 Å². The summed E-state index contributed by atoms with van der Waals surface area (Å²) in [6.45, 7) is 3.98. The van der Waals surface area contributed by atoms with Gasteiger partial charge >= 0.3 is 0 Å². The molecule has 2 unspecified atom stereocenters. The third-order valence-electron chi connectivity index (χ3n) is 5.96. The molecule has 1 aliphatic heterocycles. The van der Waals surface area contributed by atoms with Crippen LogP contribution in [0.3, 0.4) is 0 Å². The van der Waals surface area contributed by atoms with Crippen molar-refractivity contribution in [2.24, 2.45) is 11.1 Å². The van der Waals surface area contributed by atoms with Gasteiger partial charge in [-0.2, -0.15) is 0 Å². The molecule has 0 aliphatic carbocycles. The summed E-state index contributed by atoms with van der Waals surface area (Å²) in [6, 6.07) is 7.81. The van der Waals surface area contributed by atoms with Gasteiger partial charge in [-0.15, -0.1) is 11.3 Å². The van der Waals surface area contributed by atoms with Crippen LogP contribution in [0.4, 0.5) is 5.82 Å². The van der Waals surface area contributed by atoms with Gasteiger partial charge in [0.1, 0.15) is 18.2 Å². The molecule has 34 heavy (non-hydrogen) atoms. The highest BCUT2D eigenvalue weighted by molar-refractivity contribution is 7.92. The van der Waals surface area contributed by atoms with Crippen LogP contribution in [-0.2, 0) is 15.3 Å². The van der Waals surface area contributed by atoms with Crippen molar-refractivity contribution in [1.29, 1.82) is 0 Å². The van der Waals surface area contributed by atoms with E-state index < -0.39 is 0 Å². The number of rotatable bonds is 11. The van der Waals surface area contributed by atoms with Crippen molar-refractivity contribution in [3.63, 3.8) is 0 Å². The zero-order chi connectivity index (χ0) is 23.9. The summed E-state index contributed by atoms with van der Waals surface area (Å²) in [5.74, 6) is 0.778. The maximum atomic E-state index is 13.4. The smallest absolute Gasteiger partial charge is 0.208 e. The second-order valence-corrected chi connectivity index (χ2v) is 9.79. The van der Waals surface area contributed by atoms with E-state index in [4.69, 9.17) is 25.7 Å². The number of aromatic nitrogens is 2. The molecule has 1 aliphatic rings. The summed E-state index contributed by atoms with van der Waals surface area (Å²) in [5, 5.41) is 11.3. The lowest BCUT2D eigenvalue weighted by Crippen LogP contribution is -2.17. The molecule has 3 N–H and O–H groups in total. The second-order valence-electron chi connectivity index (χ2n) is 8.04. The number of fused-ring (bicyclic) bond motifs is 1. The first-order valence-corrected chi connectivity index (χ1v) is 13.2. The minimum Gasteiger partial charge on any atom is -0.369 e. The minimum atomic E-state index is -0.278. The Bertz CT molecular complexity index is 1130. The molecule has 0 amide bonds. The largest absolute Gasteiger partial charge is 0.369 e. The number of hydrogen-bond donors (Lipinski definition) is 2. The van der Waals surface area contributed by atoms with Gasteiger partial charge < -0.3 is 14.2 Å². The van der Waals surface area contributed by atoms with Gasteiger partial charge in [0, 0.05) is 23.3 Å². The number of nitrogens with zero attached hydrogens (tertiary/aromatic N) is 2. The Morgan fingerprint density at radius 2 is 2.35 bits per heavy atom. The van der Waals surface area contributed by atoms with Crippen LogP contribution in [0.25, 0.3) is 0 Å². The fraction of sp³-hybridized carbons (Fsp3) is 0.375. The van der Waals surface area contributed by atoms with Gasteiger partial charge in [0.25, 0.3) is 0 Å². The monoisotopic (exact) mass is 518 g/mol. The summed E-state index contributed by atoms with van der Waals surface area (Å²) in [4.78, 5) is 22.4. The van der Waals surface area contributed by atoms with Crippen molar-refractivity contribution in [2.75, 3.05) is 25.1 Å². The van der Waals surface area contributed by atoms with Crippen LogP contribution >= 0.6 is 35.2 Å². The van der Waals surface area contributed by atoms with E-state index in [0.717, 1.165) is 42.6 Å². The van der Waals surface area contributed by atoms with Gasteiger partial charge in [-0.1, -0.05) is 37.1 Å². The van der Waals surface area contributed by atoms with E-state index in [1.165, 1.54) is 23.2 Å². The normalized spacial score (nSPS) is 16.1. The van der Waals surface area contributed by atoms with Gasteiger partial charge in [0.2, 0.25) is 5.78 Å². The number of carbonyl (C=O) groups excluding carboxylic acids is 1. The van der Waals surface area contributed by atoms with Gasteiger partial charge in [-0.25, -0.2) is 9.97 Å². The Hall–Kier alpha value is -2.01. The number of ketones is 1. The van der Waals surface area contributed by atoms with Gasteiger partial charge in [-0.3, -0.25) is 9.93 Å². The molecule has 180 valence electrons. The van der Waals surface area contributed by atoms with Gasteiger partial charge in [0.15, 0.2) is 0 Å². The Kier molecular flexibility index (Phi) is 8.93. The molecule has 0 bridgehead atoms.